The zero-order valence-electron chi connectivity index (χ0n) is 12.5. The molecule has 122 valence electrons. The van der Waals surface area contributed by atoms with E-state index < -0.39 is 27.0 Å². The van der Waals surface area contributed by atoms with Crippen molar-refractivity contribution in [1.29, 1.82) is 0 Å². The van der Waals surface area contributed by atoms with Gasteiger partial charge in [-0.1, -0.05) is 6.07 Å². The molecule has 1 aromatic heterocycles. The molecule has 0 unspecified atom stereocenters. The second kappa shape index (κ2) is 6.21. The van der Waals surface area contributed by atoms with E-state index in [0.717, 1.165) is 16.9 Å². The summed E-state index contributed by atoms with van der Waals surface area (Å²) in [4.78, 5) is 36.6. The van der Waals surface area contributed by atoms with Crippen LogP contribution in [0.1, 0.15) is 5.56 Å². The number of H-pyrrole nitrogens is 1. The maximum atomic E-state index is 12.0. The average Bonchev–Trinajstić information content (AvgIpc) is 2.43. The summed E-state index contributed by atoms with van der Waals surface area (Å²) in [5, 5.41) is 2.56. The zero-order valence-corrected chi connectivity index (χ0v) is 13.3. The van der Waals surface area contributed by atoms with Gasteiger partial charge in [-0.2, -0.15) is 0 Å². The van der Waals surface area contributed by atoms with Crippen LogP contribution in [0.2, 0.25) is 0 Å². The van der Waals surface area contributed by atoms with Crippen LogP contribution < -0.4 is 16.6 Å². The van der Waals surface area contributed by atoms with E-state index >= 15 is 0 Å². The quantitative estimate of drug-likeness (QED) is 0.807. The fourth-order valence-electron chi connectivity index (χ4n) is 1.88. The molecule has 9 heteroatoms. The van der Waals surface area contributed by atoms with Gasteiger partial charge in [0.15, 0.2) is 9.84 Å². The lowest BCUT2D eigenvalue weighted by atomic mass is 10.2. The largest absolute Gasteiger partial charge is 0.328 e. The molecular formula is C14H15N3O5S. The number of hydrogen-bond acceptors (Lipinski definition) is 5. The van der Waals surface area contributed by atoms with Gasteiger partial charge >= 0.3 is 5.69 Å². The highest BCUT2D eigenvalue weighted by atomic mass is 32.2. The summed E-state index contributed by atoms with van der Waals surface area (Å²) in [5.74, 6) is -0.520. The zero-order chi connectivity index (χ0) is 17.2. The highest BCUT2D eigenvalue weighted by molar-refractivity contribution is 7.90. The molecule has 0 spiro atoms. The van der Waals surface area contributed by atoms with Gasteiger partial charge in [0.05, 0.1) is 4.90 Å². The van der Waals surface area contributed by atoms with Gasteiger partial charge in [0, 0.05) is 24.2 Å². The molecule has 23 heavy (non-hydrogen) atoms. The van der Waals surface area contributed by atoms with Crippen LogP contribution >= 0.6 is 0 Å². The summed E-state index contributed by atoms with van der Waals surface area (Å²) in [5.41, 5.74) is -0.229. The van der Waals surface area contributed by atoms with Crippen LogP contribution in [0.3, 0.4) is 0 Å². The number of rotatable bonds is 4. The standard InChI is InChI=1S/C14H15N3O5S/c1-9-3-4-10(23(2,21)22)7-11(9)15-13(19)8-17-6-5-12(18)16-14(17)20/h3-7H,8H2,1-2H3,(H,15,19)(H,16,18,20). The Labute approximate surface area is 131 Å². The van der Waals surface area contributed by atoms with Gasteiger partial charge in [-0.15, -0.1) is 0 Å². The van der Waals surface area contributed by atoms with E-state index in [1.807, 2.05) is 4.98 Å². The fraction of sp³-hybridized carbons (Fsp3) is 0.214. The Morgan fingerprint density at radius 2 is 1.96 bits per heavy atom. The summed E-state index contributed by atoms with van der Waals surface area (Å²) in [6.07, 6.45) is 2.28. The predicted molar refractivity (Wildman–Crippen MR) is 84.2 cm³/mol. The fourth-order valence-corrected chi connectivity index (χ4v) is 2.53. The van der Waals surface area contributed by atoms with Gasteiger partial charge in [0.2, 0.25) is 5.91 Å². The maximum Gasteiger partial charge on any atom is 0.328 e. The SMILES string of the molecule is Cc1ccc(S(C)(=O)=O)cc1NC(=O)Cn1ccc(=O)[nH]c1=O. The van der Waals surface area contributed by atoms with Crippen LogP contribution in [-0.2, 0) is 21.2 Å². The van der Waals surface area contributed by atoms with Crippen LogP contribution in [0, 0.1) is 6.92 Å². The number of benzene rings is 1. The smallest absolute Gasteiger partial charge is 0.324 e. The molecule has 0 saturated heterocycles. The molecule has 8 nitrogen and oxygen atoms in total. The van der Waals surface area contributed by atoms with Crippen LogP contribution in [0.5, 0.6) is 0 Å². The number of aryl methyl sites for hydroxylation is 1. The van der Waals surface area contributed by atoms with Crippen molar-refractivity contribution in [1.82, 2.24) is 9.55 Å². The monoisotopic (exact) mass is 337 g/mol. The summed E-state index contributed by atoms with van der Waals surface area (Å²) in [6.45, 7) is 1.41. The molecule has 0 radical (unpaired) electrons. The van der Waals surface area contributed by atoms with Gasteiger partial charge in [0.25, 0.3) is 5.56 Å². The third kappa shape index (κ3) is 4.16. The van der Waals surface area contributed by atoms with Crippen molar-refractivity contribution in [3.63, 3.8) is 0 Å². The van der Waals surface area contributed by atoms with E-state index in [4.69, 9.17) is 0 Å². The lowest BCUT2D eigenvalue weighted by Crippen LogP contribution is -2.32. The summed E-state index contributed by atoms with van der Waals surface area (Å²) in [7, 11) is -3.39. The van der Waals surface area contributed by atoms with Gasteiger partial charge < -0.3 is 5.32 Å². The number of carbonyl (C=O) groups is 1. The molecule has 2 rings (SSSR count). The molecule has 0 aliphatic heterocycles. The highest BCUT2D eigenvalue weighted by Crippen LogP contribution is 2.20. The number of nitrogens with zero attached hydrogens (tertiary/aromatic N) is 1. The number of carbonyl (C=O) groups excluding carboxylic acids is 1. The molecule has 2 aromatic rings. The summed E-state index contributed by atoms with van der Waals surface area (Å²) in [6, 6.07) is 5.52. The molecule has 0 aliphatic rings. The van der Waals surface area contributed by atoms with Crippen LogP contribution in [0.15, 0.2) is 44.9 Å². The highest BCUT2D eigenvalue weighted by Gasteiger charge is 2.12. The van der Waals surface area contributed by atoms with Crippen molar-refractivity contribution in [3.05, 3.63) is 56.9 Å². The maximum absolute atomic E-state index is 12.0. The second-order valence-electron chi connectivity index (χ2n) is 5.04. The van der Waals surface area contributed by atoms with Crippen LogP contribution in [0.4, 0.5) is 5.69 Å². The molecule has 1 amide bonds. The molecular weight excluding hydrogens is 322 g/mol. The molecule has 0 atom stereocenters. The minimum absolute atomic E-state index is 0.0830. The number of nitrogens with one attached hydrogen (secondary N) is 2. The van der Waals surface area contributed by atoms with E-state index in [-0.39, 0.29) is 11.4 Å². The molecule has 0 fully saturated rings. The van der Waals surface area contributed by atoms with Crippen molar-refractivity contribution >= 4 is 21.4 Å². The number of anilines is 1. The van der Waals surface area contributed by atoms with Gasteiger partial charge in [0.1, 0.15) is 6.54 Å². The van der Waals surface area contributed by atoms with Crippen LogP contribution in [-0.4, -0.2) is 30.1 Å². The van der Waals surface area contributed by atoms with E-state index in [0.29, 0.717) is 11.3 Å². The number of amides is 1. The minimum Gasteiger partial charge on any atom is -0.324 e. The minimum atomic E-state index is -3.39. The first-order chi connectivity index (χ1) is 10.7. The summed E-state index contributed by atoms with van der Waals surface area (Å²) < 4.78 is 24.2. The number of sulfone groups is 1. The molecule has 2 N–H and O–H groups in total. The summed E-state index contributed by atoms with van der Waals surface area (Å²) >= 11 is 0. The van der Waals surface area contributed by atoms with Crippen molar-refractivity contribution in [2.75, 3.05) is 11.6 Å². The van der Waals surface area contributed by atoms with Crippen molar-refractivity contribution in [3.8, 4) is 0 Å². The Balaban J connectivity index is 2.23. The Bertz CT molecular complexity index is 972. The second-order valence-corrected chi connectivity index (χ2v) is 7.05. The normalized spacial score (nSPS) is 11.2. The topological polar surface area (TPSA) is 118 Å². The van der Waals surface area contributed by atoms with E-state index in [9.17, 15) is 22.8 Å². The lowest BCUT2D eigenvalue weighted by Gasteiger charge is -2.10. The lowest BCUT2D eigenvalue weighted by molar-refractivity contribution is -0.116. The first-order valence-electron chi connectivity index (χ1n) is 6.57. The molecule has 0 saturated carbocycles. The average molecular weight is 337 g/mol. The van der Waals surface area contributed by atoms with Crippen molar-refractivity contribution in [2.45, 2.75) is 18.4 Å². The number of hydrogen-bond donors (Lipinski definition) is 2. The van der Waals surface area contributed by atoms with Gasteiger partial charge in [-0.3, -0.25) is 19.1 Å². The molecule has 1 aromatic carbocycles. The van der Waals surface area contributed by atoms with Crippen LogP contribution in [0.25, 0.3) is 0 Å². The Hall–Kier alpha value is -2.68. The van der Waals surface area contributed by atoms with Crippen molar-refractivity contribution < 1.29 is 13.2 Å². The first kappa shape index (κ1) is 16.7. The third-order valence-electron chi connectivity index (χ3n) is 3.12. The predicted octanol–water partition coefficient (Wildman–Crippen LogP) is -0.113. The van der Waals surface area contributed by atoms with Gasteiger partial charge in [-0.25, -0.2) is 13.2 Å². The van der Waals surface area contributed by atoms with Gasteiger partial charge in [-0.05, 0) is 24.6 Å². The Kier molecular flexibility index (Phi) is 4.50. The third-order valence-corrected chi connectivity index (χ3v) is 4.23. The van der Waals surface area contributed by atoms with E-state index in [1.165, 1.54) is 18.3 Å². The molecule has 0 aliphatic carbocycles. The number of aromatic amines is 1. The Morgan fingerprint density at radius 1 is 1.26 bits per heavy atom. The Morgan fingerprint density at radius 3 is 2.57 bits per heavy atom. The van der Waals surface area contributed by atoms with E-state index in [1.54, 1.807) is 13.0 Å². The van der Waals surface area contributed by atoms with E-state index in [2.05, 4.69) is 5.32 Å². The molecule has 0 bridgehead atoms. The first-order valence-corrected chi connectivity index (χ1v) is 8.46. The number of aromatic nitrogens is 2. The van der Waals surface area contributed by atoms with Crippen molar-refractivity contribution in [2.24, 2.45) is 0 Å². The molecule has 1 heterocycles.